The van der Waals surface area contributed by atoms with Gasteiger partial charge < -0.3 is 4.84 Å². The molecule has 0 rings (SSSR count). The third-order valence-corrected chi connectivity index (χ3v) is 0.640. The second-order valence-electron chi connectivity index (χ2n) is 1.88. The summed E-state index contributed by atoms with van der Waals surface area (Å²) in [4.78, 5) is 4.66. The number of hydrogen-bond donors (Lipinski definition) is 0. The van der Waals surface area contributed by atoms with E-state index in [1.54, 1.807) is 13.8 Å². The normalized spacial score (nSPS) is 9.62. The maximum Gasteiger partial charge on any atom is 0.191 e. The average molecular weight is 111 g/mol. The van der Waals surface area contributed by atoms with Crippen LogP contribution < -0.4 is 0 Å². The van der Waals surface area contributed by atoms with Gasteiger partial charge in [0.1, 0.15) is 0 Å². The van der Waals surface area contributed by atoms with Crippen molar-refractivity contribution in [3.8, 4) is 12.3 Å². The van der Waals surface area contributed by atoms with Crippen molar-refractivity contribution in [3.63, 3.8) is 0 Å². The third-order valence-electron chi connectivity index (χ3n) is 0.640. The zero-order chi connectivity index (χ0) is 6.62. The Hall–Kier alpha value is -0.970. The van der Waals surface area contributed by atoms with Crippen molar-refractivity contribution in [2.24, 2.45) is 5.16 Å². The minimum Gasteiger partial charge on any atom is -0.377 e. The van der Waals surface area contributed by atoms with Crippen LogP contribution in [0.3, 0.4) is 0 Å². The fourth-order valence-electron chi connectivity index (χ4n) is 0.188. The van der Waals surface area contributed by atoms with E-state index in [0.29, 0.717) is 0 Å². The molecule has 0 saturated heterocycles. The molecule has 0 aromatic rings. The average Bonchev–Trinajstić information content (AvgIpc) is 1.67. The van der Waals surface area contributed by atoms with E-state index < -0.39 is 5.60 Å². The molecule has 0 amide bonds. The molecule has 0 N–H and O–H groups in total. The second-order valence-corrected chi connectivity index (χ2v) is 1.88. The number of oxime groups is 1. The molecule has 0 heterocycles. The molecule has 44 valence electrons. The molecule has 0 aliphatic carbocycles. The summed E-state index contributed by atoms with van der Waals surface area (Å²) >= 11 is 0. The van der Waals surface area contributed by atoms with Crippen LogP contribution in [0.25, 0.3) is 0 Å². The van der Waals surface area contributed by atoms with Gasteiger partial charge in [0.25, 0.3) is 0 Å². The van der Waals surface area contributed by atoms with Crippen molar-refractivity contribution in [3.05, 3.63) is 0 Å². The lowest BCUT2D eigenvalue weighted by Crippen LogP contribution is -2.17. The summed E-state index contributed by atoms with van der Waals surface area (Å²) in [5.74, 6) is 2.39. The van der Waals surface area contributed by atoms with Crippen LogP contribution in [0.2, 0.25) is 0 Å². The summed E-state index contributed by atoms with van der Waals surface area (Å²) in [6.45, 7) is 6.60. The quantitative estimate of drug-likeness (QED) is 0.296. The zero-order valence-electron chi connectivity index (χ0n) is 5.14. The zero-order valence-corrected chi connectivity index (χ0v) is 5.14. The number of rotatable bonds is 2. The van der Waals surface area contributed by atoms with E-state index in [1.807, 2.05) is 0 Å². The fraction of sp³-hybridized carbons (Fsp3) is 0.500. The molecule has 0 fully saturated rings. The minimum absolute atomic E-state index is 0.609. The standard InChI is InChI=1S/C6H9NO/c1-5-6(2,3)8-7-4/h1H,4H2,2-3H3. The maximum atomic E-state index is 5.03. The Kier molecular flexibility index (Phi) is 2.08. The molecular weight excluding hydrogens is 102 g/mol. The van der Waals surface area contributed by atoms with Crippen LogP contribution in [-0.4, -0.2) is 12.3 Å². The molecule has 2 heteroatoms. The highest BCUT2D eigenvalue weighted by Gasteiger charge is 2.12. The summed E-state index contributed by atoms with van der Waals surface area (Å²) in [5, 5.41) is 3.19. The summed E-state index contributed by atoms with van der Waals surface area (Å²) < 4.78 is 0. The Morgan fingerprint density at radius 1 is 1.75 bits per heavy atom. The summed E-state index contributed by atoms with van der Waals surface area (Å²) in [6, 6.07) is 0. The van der Waals surface area contributed by atoms with Crippen LogP contribution in [0.15, 0.2) is 5.16 Å². The first-order valence-electron chi connectivity index (χ1n) is 2.24. The summed E-state index contributed by atoms with van der Waals surface area (Å²) in [5.41, 5.74) is -0.609. The lowest BCUT2D eigenvalue weighted by Gasteiger charge is -2.12. The van der Waals surface area contributed by atoms with Gasteiger partial charge in [-0.2, -0.15) is 0 Å². The van der Waals surface area contributed by atoms with Gasteiger partial charge >= 0.3 is 0 Å². The van der Waals surface area contributed by atoms with Crippen molar-refractivity contribution in [2.45, 2.75) is 19.4 Å². The van der Waals surface area contributed by atoms with Gasteiger partial charge in [-0.1, -0.05) is 5.92 Å². The van der Waals surface area contributed by atoms with Crippen molar-refractivity contribution in [2.75, 3.05) is 0 Å². The van der Waals surface area contributed by atoms with Gasteiger partial charge in [-0.05, 0) is 13.8 Å². The lowest BCUT2D eigenvalue weighted by atomic mass is 10.2. The predicted molar refractivity (Wildman–Crippen MR) is 33.5 cm³/mol. The number of nitrogens with zero attached hydrogens (tertiary/aromatic N) is 1. The SMILES string of the molecule is C#CC(C)(C)ON=C. The van der Waals surface area contributed by atoms with Gasteiger partial charge in [-0.25, -0.2) is 0 Å². The van der Waals surface area contributed by atoms with Gasteiger partial charge in [-0.3, -0.25) is 0 Å². The topological polar surface area (TPSA) is 21.6 Å². The highest BCUT2D eigenvalue weighted by Crippen LogP contribution is 2.05. The Bertz CT molecular complexity index is 121. The van der Waals surface area contributed by atoms with Crippen LogP contribution in [0.1, 0.15) is 13.8 Å². The summed E-state index contributed by atoms with van der Waals surface area (Å²) in [7, 11) is 0. The Balaban J connectivity index is 3.76. The minimum atomic E-state index is -0.609. The van der Waals surface area contributed by atoms with Gasteiger partial charge in [0, 0.05) is 6.72 Å². The highest BCUT2D eigenvalue weighted by atomic mass is 16.6. The molecular formula is C6H9NO. The van der Waals surface area contributed by atoms with Gasteiger partial charge in [0.2, 0.25) is 0 Å². The monoisotopic (exact) mass is 111 g/mol. The smallest absolute Gasteiger partial charge is 0.191 e. The first-order chi connectivity index (χ1) is 3.62. The largest absolute Gasteiger partial charge is 0.377 e. The molecule has 8 heavy (non-hydrogen) atoms. The molecule has 0 aliphatic rings. The van der Waals surface area contributed by atoms with E-state index in [4.69, 9.17) is 6.42 Å². The molecule has 0 saturated carbocycles. The highest BCUT2D eigenvalue weighted by molar-refractivity contribution is 5.21. The Morgan fingerprint density at radius 2 is 2.25 bits per heavy atom. The molecule has 0 aliphatic heterocycles. The summed E-state index contributed by atoms with van der Waals surface area (Å²) in [6.07, 6.45) is 5.03. The van der Waals surface area contributed by atoms with E-state index in [9.17, 15) is 0 Å². The number of terminal acetylenes is 1. The molecule has 2 nitrogen and oxygen atoms in total. The van der Waals surface area contributed by atoms with Crippen LogP contribution in [-0.2, 0) is 4.84 Å². The Labute approximate surface area is 49.5 Å². The molecule has 0 atom stereocenters. The lowest BCUT2D eigenvalue weighted by molar-refractivity contribution is 0.0340. The van der Waals surface area contributed by atoms with Crippen molar-refractivity contribution < 1.29 is 4.84 Å². The van der Waals surface area contributed by atoms with Gasteiger partial charge in [0.05, 0.1) is 0 Å². The second kappa shape index (κ2) is 2.37. The van der Waals surface area contributed by atoms with Crippen LogP contribution in [0.5, 0.6) is 0 Å². The van der Waals surface area contributed by atoms with E-state index in [2.05, 4.69) is 22.6 Å². The number of hydrogen-bond acceptors (Lipinski definition) is 2. The van der Waals surface area contributed by atoms with Crippen LogP contribution >= 0.6 is 0 Å². The molecule has 0 aromatic heterocycles. The van der Waals surface area contributed by atoms with E-state index in [0.717, 1.165) is 0 Å². The molecule has 0 aromatic carbocycles. The first kappa shape index (κ1) is 7.03. The fourth-order valence-corrected chi connectivity index (χ4v) is 0.188. The van der Waals surface area contributed by atoms with Crippen LogP contribution in [0.4, 0.5) is 0 Å². The Morgan fingerprint density at radius 3 is 2.38 bits per heavy atom. The van der Waals surface area contributed by atoms with Crippen molar-refractivity contribution in [1.82, 2.24) is 0 Å². The van der Waals surface area contributed by atoms with Crippen LogP contribution in [0, 0.1) is 12.3 Å². The van der Waals surface area contributed by atoms with E-state index in [1.165, 1.54) is 0 Å². The van der Waals surface area contributed by atoms with E-state index >= 15 is 0 Å². The molecule has 0 unspecified atom stereocenters. The maximum absolute atomic E-state index is 5.03. The van der Waals surface area contributed by atoms with Gasteiger partial charge in [0.15, 0.2) is 5.60 Å². The molecule has 0 bridgehead atoms. The van der Waals surface area contributed by atoms with E-state index in [-0.39, 0.29) is 0 Å². The predicted octanol–water partition coefficient (Wildman–Crippen LogP) is 1.03. The third kappa shape index (κ3) is 2.25. The van der Waals surface area contributed by atoms with Crippen molar-refractivity contribution in [1.29, 1.82) is 0 Å². The first-order valence-corrected chi connectivity index (χ1v) is 2.24. The molecule has 0 spiro atoms. The molecule has 0 radical (unpaired) electrons. The van der Waals surface area contributed by atoms with Crippen molar-refractivity contribution >= 4 is 6.72 Å². The van der Waals surface area contributed by atoms with Gasteiger partial charge in [-0.15, -0.1) is 11.6 Å².